The molecule has 0 aromatic carbocycles. The van der Waals surface area contributed by atoms with Crippen molar-refractivity contribution in [3.05, 3.63) is 0 Å². The van der Waals surface area contributed by atoms with Crippen LogP contribution in [0.15, 0.2) is 0 Å². The van der Waals surface area contributed by atoms with Gasteiger partial charge in [0.25, 0.3) is 0 Å². The first-order valence-electron chi connectivity index (χ1n) is 6.58. The Labute approximate surface area is 108 Å². The molecule has 0 N–H and O–H groups in total. The highest BCUT2D eigenvalue weighted by Crippen LogP contribution is 2.40. The van der Waals surface area contributed by atoms with Gasteiger partial charge in [0, 0.05) is 12.8 Å². The molecule has 1 aliphatic carbocycles. The first kappa shape index (κ1) is 14.9. The second-order valence-corrected chi connectivity index (χ2v) is 5.55. The second-order valence-electron chi connectivity index (χ2n) is 5.55. The average Bonchev–Trinajstić information content (AvgIpc) is 2.66. The molecule has 0 spiro atoms. The lowest BCUT2D eigenvalue weighted by molar-refractivity contribution is -0.160. The van der Waals surface area contributed by atoms with Gasteiger partial charge in [0.1, 0.15) is 17.0 Å². The topological polar surface area (TPSA) is 60.4 Å². The number of ketones is 2. The Balaban J connectivity index is 2.74. The zero-order valence-electron chi connectivity index (χ0n) is 11.5. The van der Waals surface area contributed by atoms with Gasteiger partial charge in [-0.15, -0.1) is 0 Å². The van der Waals surface area contributed by atoms with Crippen LogP contribution >= 0.6 is 0 Å². The molecule has 18 heavy (non-hydrogen) atoms. The summed E-state index contributed by atoms with van der Waals surface area (Å²) in [6, 6.07) is 0. The van der Waals surface area contributed by atoms with E-state index in [1.165, 1.54) is 6.92 Å². The molecule has 0 saturated heterocycles. The van der Waals surface area contributed by atoms with E-state index in [0.717, 1.165) is 0 Å². The molecule has 1 aliphatic rings. The van der Waals surface area contributed by atoms with Gasteiger partial charge in [-0.25, -0.2) is 0 Å². The Morgan fingerprint density at radius 2 is 2.06 bits per heavy atom. The highest BCUT2D eigenvalue weighted by molar-refractivity contribution is 6.05. The lowest BCUT2D eigenvalue weighted by Gasteiger charge is -2.25. The number of esters is 1. The third-order valence-corrected chi connectivity index (χ3v) is 3.38. The molecule has 4 nitrogen and oxygen atoms in total. The standard InChI is InChI=1S/C14H22O4/c1-10(2)9-18-13(17)14(8-6-11(3)15)7-4-5-12(14)16/h10H,4-9H2,1-3H3. The van der Waals surface area contributed by atoms with Gasteiger partial charge < -0.3 is 9.53 Å². The molecule has 1 unspecified atom stereocenters. The van der Waals surface area contributed by atoms with Gasteiger partial charge in [0.05, 0.1) is 6.61 Å². The SMILES string of the molecule is CC(=O)CCC1(C(=O)OCC(C)C)CCCC1=O. The molecule has 1 saturated carbocycles. The summed E-state index contributed by atoms with van der Waals surface area (Å²) in [5.41, 5.74) is -1.04. The van der Waals surface area contributed by atoms with Gasteiger partial charge >= 0.3 is 5.97 Å². The van der Waals surface area contributed by atoms with Crippen molar-refractivity contribution in [2.75, 3.05) is 6.61 Å². The fraction of sp³-hybridized carbons (Fsp3) is 0.786. The van der Waals surface area contributed by atoms with Crippen LogP contribution in [-0.2, 0) is 19.1 Å². The molecular formula is C14H22O4. The minimum absolute atomic E-state index is 0.00531. The highest BCUT2D eigenvalue weighted by atomic mass is 16.5. The molecular weight excluding hydrogens is 232 g/mol. The first-order chi connectivity index (χ1) is 8.38. The van der Waals surface area contributed by atoms with Crippen molar-refractivity contribution in [3.63, 3.8) is 0 Å². The summed E-state index contributed by atoms with van der Waals surface area (Å²) >= 11 is 0. The van der Waals surface area contributed by atoms with Gasteiger partial charge in [-0.2, -0.15) is 0 Å². The third kappa shape index (κ3) is 3.40. The summed E-state index contributed by atoms with van der Waals surface area (Å²) in [6.45, 7) is 5.71. The van der Waals surface area contributed by atoms with E-state index in [0.29, 0.717) is 32.3 Å². The maximum absolute atomic E-state index is 12.1. The minimum Gasteiger partial charge on any atom is -0.465 e. The Bertz CT molecular complexity index is 346. The van der Waals surface area contributed by atoms with Crippen molar-refractivity contribution in [1.29, 1.82) is 0 Å². The number of carbonyl (C=O) groups is 3. The van der Waals surface area contributed by atoms with E-state index in [4.69, 9.17) is 4.74 Å². The van der Waals surface area contributed by atoms with E-state index >= 15 is 0 Å². The number of ether oxygens (including phenoxy) is 1. The van der Waals surface area contributed by atoms with Crippen molar-refractivity contribution in [3.8, 4) is 0 Å². The normalized spacial score (nSPS) is 23.4. The van der Waals surface area contributed by atoms with Crippen LogP contribution < -0.4 is 0 Å². The van der Waals surface area contributed by atoms with E-state index in [1.807, 2.05) is 13.8 Å². The molecule has 0 amide bonds. The molecule has 1 atom stereocenters. The van der Waals surface area contributed by atoms with Crippen molar-refractivity contribution in [1.82, 2.24) is 0 Å². The quantitative estimate of drug-likeness (QED) is 0.539. The summed E-state index contributed by atoms with van der Waals surface area (Å²) in [4.78, 5) is 35.2. The Morgan fingerprint density at radius 3 is 2.50 bits per heavy atom. The Hall–Kier alpha value is -1.19. The van der Waals surface area contributed by atoms with Crippen LogP contribution in [0.1, 0.15) is 52.9 Å². The molecule has 0 bridgehead atoms. The zero-order chi connectivity index (χ0) is 13.8. The van der Waals surface area contributed by atoms with Gasteiger partial charge in [-0.1, -0.05) is 13.8 Å². The van der Waals surface area contributed by atoms with Crippen LogP contribution in [0.5, 0.6) is 0 Å². The summed E-state index contributed by atoms with van der Waals surface area (Å²) in [5.74, 6) is -0.237. The van der Waals surface area contributed by atoms with Gasteiger partial charge in [-0.05, 0) is 32.1 Å². The average molecular weight is 254 g/mol. The number of carbonyl (C=O) groups excluding carboxylic acids is 3. The number of hydrogen-bond acceptors (Lipinski definition) is 4. The molecule has 0 aromatic heterocycles. The predicted octanol–water partition coefficient (Wildman–Crippen LogP) is 2.29. The maximum Gasteiger partial charge on any atom is 0.319 e. The Kier molecular flexibility index (Phi) is 5.05. The van der Waals surface area contributed by atoms with Crippen LogP contribution in [0.4, 0.5) is 0 Å². The number of Topliss-reactive ketones (excluding diaryl/α,β-unsaturated/α-hetero) is 2. The lowest BCUT2D eigenvalue weighted by atomic mass is 9.80. The fourth-order valence-corrected chi connectivity index (χ4v) is 2.28. The van der Waals surface area contributed by atoms with E-state index in [2.05, 4.69) is 0 Å². The van der Waals surface area contributed by atoms with E-state index in [-0.39, 0.29) is 23.9 Å². The maximum atomic E-state index is 12.1. The highest BCUT2D eigenvalue weighted by Gasteiger charge is 2.49. The second kappa shape index (κ2) is 6.12. The van der Waals surface area contributed by atoms with Crippen LogP contribution in [0, 0.1) is 11.3 Å². The largest absolute Gasteiger partial charge is 0.465 e. The summed E-state index contributed by atoms with van der Waals surface area (Å²) in [5, 5.41) is 0. The third-order valence-electron chi connectivity index (χ3n) is 3.38. The molecule has 0 radical (unpaired) electrons. The lowest BCUT2D eigenvalue weighted by Crippen LogP contribution is -2.38. The number of hydrogen-bond donors (Lipinski definition) is 0. The predicted molar refractivity (Wildman–Crippen MR) is 67.0 cm³/mol. The van der Waals surface area contributed by atoms with Gasteiger partial charge in [-0.3, -0.25) is 9.59 Å². The van der Waals surface area contributed by atoms with Crippen molar-refractivity contribution >= 4 is 17.5 Å². The molecule has 1 fully saturated rings. The smallest absolute Gasteiger partial charge is 0.319 e. The molecule has 1 rings (SSSR count). The fourth-order valence-electron chi connectivity index (χ4n) is 2.28. The van der Waals surface area contributed by atoms with Crippen LogP contribution in [-0.4, -0.2) is 24.1 Å². The molecule has 0 heterocycles. The monoisotopic (exact) mass is 254 g/mol. The molecule has 102 valence electrons. The van der Waals surface area contributed by atoms with E-state index in [9.17, 15) is 14.4 Å². The van der Waals surface area contributed by atoms with E-state index < -0.39 is 11.4 Å². The molecule has 4 heteroatoms. The van der Waals surface area contributed by atoms with Crippen LogP contribution in [0.2, 0.25) is 0 Å². The Morgan fingerprint density at radius 1 is 1.39 bits per heavy atom. The van der Waals surface area contributed by atoms with Crippen molar-refractivity contribution in [2.24, 2.45) is 11.3 Å². The summed E-state index contributed by atoms with van der Waals surface area (Å²) in [7, 11) is 0. The zero-order valence-corrected chi connectivity index (χ0v) is 11.5. The van der Waals surface area contributed by atoms with Crippen molar-refractivity contribution in [2.45, 2.75) is 52.9 Å². The van der Waals surface area contributed by atoms with Crippen LogP contribution in [0.3, 0.4) is 0 Å². The first-order valence-corrected chi connectivity index (χ1v) is 6.58. The molecule has 0 aromatic rings. The van der Waals surface area contributed by atoms with Gasteiger partial charge in [0.15, 0.2) is 0 Å². The van der Waals surface area contributed by atoms with Crippen LogP contribution in [0.25, 0.3) is 0 Å². The van der Waals surface area contributed by atoms with Gasteiger partial charge in [0.2, 0.25) is 0 Å². The molecule has 0 aliphatic heterocycles. The summed E-state index contributed by atoms with van der Waals surface area (Å²) < 4.78 is 5.22. The minimum atomic E-state index is -1.04. The van der Waals surface area contributed by atoms with E-state index in [1.54, 1.807) is 0 Å². The summed E-state index contributed by atoms with van der Waals surface area (Å²) in [6.07, 6.45) is 2.23. The number of rotatable bonds is 6. The van der Waals surface area contributed by atoms with Crippen molar-refractivity contribution < 1.29 is 19.1 Å².